The van der Waals surface area contributed by atoms with Gasteiger partial charge in [-0.15, -0.1) is 0 Å². The number of anilines is 3. The zero-order valence-electron chi connectivity index (χ0n) is 27.5. The molecule has 3 aromatic carbocycles. The summed E-state index contributed by atoms with van der Waals surface area (Å²) in [5.41, 5.74) is 1.85. The van der Waals surface area contributed by atoms with Crippen molar-refractivity contribution < 1.29 is 24.5 Å². The molecular formula is C35H38N8O7. The van der Waals surface area contributed by atoms with E-state index in [4.69, 9.17) is 19.4 Å². The lowest BCUT2D eigenvalue weighted by atomic mass is 9.91. The first-order chi connectivity index (χ1) is 24.3. The normalized spacial score (nSPS) is 22.0. The maximum atomic E-state index is 12.6. The molecule has 260 valence electrons. The predicted molar refractivity (Wildman–Crippen MR) is 185 cm³/mol. The van der Waals surface area contributed by atoms with Crippen LogP contribution in [-0.2, 0) is 9.53 Å². The van der Waals surface area contributed by atoms with Crippen LogP contribution in [0.3, 0.4) is 0 Å². The summed E-state index contributed by atoms with van der Waals surface area (Å²) in [6.07, 6.45) is -3.29. The molecule has 1 amide bonds. The highest BCUT2D eigenvalue weighted by Gasteiger charge is 2.48. The van der Waals surface area contributed by atoms with Gasteiger partial charge in [0.2, 0.25) is 5.95 Å². The molecule has 5 atom stereocenters. The van der Waals surface area contributed by atoms with Crippen molar-refractivity contribution in [2.24, 2.45) is 0 Å². The highest BCUT2D eigenvalue weighted by molar-refractivity contribution is 5.85. The van der Waals surface area contributed by atoms with Crippen LogP contribution >= 0.6 is 0 Å². The van der Waals surface area contributed by atoms with E-state index in [-0.39, 0.29) is 23.4 Å². The fraction of sp³-hybridized carbons (Fsp3) is 0.371. The van der Waals surface area contributed by atoms with E-state index in [9.17, 15) is 24.6 Å². The van der Waals surface area contributed by atoms with Crippen LogP contribution in [-0.4, -0.2) is 93.3 Å². The standard InChI is InChI=1S/C35H38N8O7/c1-3-36-33(48)30-27(46)28(47)34(50-30)43-18-38-24-31(37-16-22(19-10-6-4-7-11-19)20-12-8-5-9-13-20)40-35(41-32(24)43)42-15-14-21(17-42)39-23-25(44)26(45)29(23)49-2/h4-13,18,21-22,27-28,30,34,39,46-47H,3,14-17H2,1-2H3,(H,36,48)(H,37,40,41)/t21-,27+,28-,30+,34-/m1/s1. The topological polar surface area (TPSA) is 193 Å². The van der Waals surface area contributed by atoms with Gasteiger partial charge in [-0.1, -0.05) is 60.7 Å². The van der Waals surface area contributed by atoms with Crippen LogP contribution in [0.2, 0.25) is 0 Å². The minimum atomic E-state index is -1.47. The van der Waals surface area contributed by atoms with Crippen molar-refractivity contribution >= 4 is 34.5 Å². The number of carbonyl (C=O) groups is 1. The number of hydrogen-bond donors (Lipinski definition) is 5. The smallest absolute Gasteiger partial charge is 0.271 e. The van der Waals surface area contributed by atoms with Gasteiger partial charge >= 0.3 is 0 Å². The fourth-order valence-corrected chi connectivity index (χ4v) is 6.69. The molecule has 0 aliphatic carbocycles. The monoisotopic (exact) mass is 682 g/mol. The van der Waals surface area contributed by atoms with Crippen LogP contribution in [0.25, 0.3) is 11.2 Å². The number of methoxy groups -OCH3 is 1. The molecule has 2 fully saturated rings. The third-order valence-electron chi connectivity index (χ3n) is 9.30. The largest absolute Gasteiger partial charge is 0.491 e. The highest BCUT2D eigenvalue weighted by Crippen LogP contribution is 2.35. The first kappa shape index (κ1) is 33.1. The molecule has 5 aromatic rings. The molecule has 0 bridgehead atoms. The Hall–Kier alpha value is -5.38. The first-order valence-corrected chi connectivity index (χ1v) is 16.5. The lowest BCUT2D eigenvalue weighted by molar-refractivity contribution is -0.137. The van der Waals surface area contributed by atoms with Gasteiger partial charge in [0.25, 0.3) is 16.8 Å². The van der Waals surface area contributed by atoms with E-state index in [1.54, 1.807) is 6.92 Å². The quantitative estimate of drug-likeness (QED) is 0.118. The molecule has 7 rings (SSSR count). The molecule has 0 spiro atoms. The van der Waals surface area contributed by atoms with Gasteiger partial charge in [0.1, 0.15) is 17.9 Å². The Morgan fingerprint density at radius 1 is 1.02 bits per heavy atom. The number of aromatic nitrogens is 4. The Labute approximate surface area is 286 Å². The summed E-state index contributed by atoms with van der Waals surface area (Å²) in [6, 6.07) is 20.1. The number of hydrogen-bond acceptors (Lipinski definition) is 13. The van der Waals surface area contributed by atoms with Gasteiger partial charge < -0.3 is 40.5 Å². The Balaban J connectivity index is 1.23. The van der Waals surface area contributed by atoms with Gasteiger partial charge in [-0.3, -0.25) is 19.0 Å². The van der Waals surface area contributed by atoms with Crippen molar-refractivity contribution in [3.05, 3.63) is 98.6 Å². The maximum Gasteiger partial charge on any atom is 0.271 e. The number of aliphatic hydroxyl groups excluding tert-OH is 2. The van der Waals surface area contributed by atoms with Crippen molar-refractivity contribution in [3.8, 4) is 5.75 Å². The minimum Gasteiger partial charge on any atom is -0.491 e. The molecule has 2 saturated heterocycles. The van der Waals surface area contributed by atoms with Crippen molar-refractivity contribution in [1.29, 1.82) is 0 Å². The number of nitrogens with one attached hydrogen (secondary N) is 3. The number of benzene rings is 2. The number of imidazole rings is 1. The molecule has 4 heterocycles. The number of nitrogens with zero attached hydrogens (tertiary/aromatic N) is 5. The number of fused-ring (bicyclic) bond motifs is 1. The van der Waals surface area contributed by atoms with E-state index in [0.29, 0.717) is 55.5 Å². The van der Waals surface area contributed by atoms with Gasteiger partial charge in [-0.05, 0) is 24.5 Å². The SMILES string of the molecule is CCNC(=O)[C@H]1O[C@@H](n2cnc3c(NCC(c4ccccc4)c4ccccc4)nc(N4CC[C@@H](Nc5c(OC)c(=O)c5=O)C4)nc32)[C@H](O)[C@@H]1O. The third kappa shape index (κ3) is 6.03. The van der Waals surface area contributed by atoms with Gasteiger partial charge in [-0.25, -0.2) is 4.98 Å². The average molecular weight is 683 g/mol. The van der Waals surface area contributed by atoms with Crippen molar-refractivity contribution in [3.63, 3.8) is 0 Å². The second kappa shape index (κ2) is 13.9. The van der Waals surface area contributed by atoms with Gasteiger partial charge in [-0.2, -0.15) is 9.97 Å². The Bertz CT molecular complexity index is 2010. The molecule has 2 aliphatic heterocycles. The summed E-state index contributed by atoms with van der Waals surface area (Å²) in [7, 11) is 1.35. The van der Waals surface area contributed by atoms with E-state index in [0.717, 1.165) is 11.1 Å². The molecule has 2 aromatic heterocycles. The molecule has 2 aliphatic rings. The second-order valence-electron chi connectivity index (χ2n) is 12.4. The first-order valence-electron chi connectivity index (χ1n) is 16.5. The van der Waals surface area contributed by atoms with E-state index in [1.807, 2.05) is 41.3 Å². The summed E-state index contributed by atoms with van der Waals surface area (Å²) in [5, 5.41) is 31.1. The number of aliphatic hydroxyl groups is 2. The molecule has 50 heavy (non-hydrogen) atoms. The number of ether oxygens (including phenoxy) is 2. The van der Waals surface area contributed by atoms with Crippen LogP contribution in [0.1, 0.15) is 36.6 Å². The molecular weight excluding hydrogens is 644 g/mol. The average Bonchev–Trinajstić information content (AvgIpc) is 3.86. The fourth-order valence-electron chi connectivity index (χ4n) is 6.69. The number of rotatable bonds is 12. The highest BCUT2D eigenvalue weighted by atomic mass is 16.6. The van der Waals surface area contributed by atoms with Crippen LogP contribution in [0.15, 0.2) is 76.6 Å². The van der Waals surface area contributed by atoms with E-state index in [1.165, 1.54) is 18.0 Å². The Morgan fingerprint density at radius 2 is 1.72 bits per heavy atom. The van der Waals surface area contributed by atoms with E-state index >= 15 is 0 Å². The van der Waals surface area contributed by atoms with Crippen LogP contribution in [0.5, 0.6) is 5.75 Å². The summed E-state index contributed by atoms with van der Waals surface area (Å²) < 4.78 is 12.5. The minimum absolute atomic E-state index is 0.0242. The van der Waals surface area contributed by atoms with Crippen molar-refractivity contribution in [2.45, 2.75) is 49.8 Å². The van der Waals surface area contributed by atoms with Gasteiger partial charge in [0.05, 0.1) is 13.4 Å². The van der Waals surface area contributed by atoms with Crippen LogP contribution in [0, 0.1) is 0 Å². The molecule has 0 unspecified atom stereocenters. The summed E-state index contributed by atoms with van der Waals surface area (Å²) in [4.78, 5) is 53.0. The summed E-state index contributed by atoms with van der Waals surface area (Å²) >= 11 is 0. The predicted octanol–water partition coefficient (Wildman–Crippen LogP) is 1.12. The van der Waals surface area contributed by atoms with Crippen molar-refractivity contribution in [1.82, 2.24) is 24.8 Å². The molecule has 0 radical (unpaired) electrons. The molecule has 15 nitrogen and oxygen atoms in total. The summed E-state index contributed by atoms with van der Waals surface area (Å²) in [6.45, 7) is 3.49. The Morgan fingerprint density at radius 3 is 2.38 bits per heavy atom. The molecule has 5 N–H and O–H groups in total. The number of carbonyl (C=O) groups excluding carboxylic acids is 1. The van der Waals surface area contributed by atoms with Crippen molar-refractivity contribution in [2.75, 3.05) is 48.8 Å². The Kier molecular flexibility index (Phi) is 9.18. The lowest BCUT2D eigenvalue weighted by Crippen LogP contribution is -2.42. The van der Waals surface area contributed by atoms with Gasteiger partial charge in [0.15, 0.2) is 35.1 Å². The summed E-state index contributed by atoms with van der Waals surface area (Å²) in [5.74, 6) is 0.246. The van der Waals surface area contributed by atoms with Crippen LogP contribution < -0.4 is 36.4 Å². The lowest BCUT2D eigenvalue weighted by Gasteiger charge is -2.22. The molecule has 0 saturated carbocycles. The van der Waals surface area contributed by atoms with E-state index in [2.05, 4.69) is 45.2 Å². The number of likely N-dealkylation sites (N-methyl/N-ethyl adjacent to an activating group) is 1. The second-order valence-corrected chi connectivity index (χ2v) is 12.4. The van der Waals surface area contributed by atoms with Gasteiger partial charge in [0, 0.05) is 38.1 Å². The van der Waals surface area contributed by atoms with E-state index < -0.39 is 41.3 Å². The molecule has 15 heteroatoms. The maximum absolute atomic E-state index is 12.6. The number of amides is 1. The zero-order valence-corrected chi connectivity index (χ0v) is 27.5. The van der Waals surface area contributed by atoms with Crippen LogP contribution in [0.4, 0.5) is 17.5 Å². The zero-order chi connectivity index (χ0) is 34.9. The third-order valence-corrected chi connectivity index (χ3v) is 9.30.